The molecule has 3 heterocycles. The Morgan fingerprint density at radius 2 is 1.65 bits per heavy atom. The number of rotatable bonds is 7. The first-order chi connectivity index (χ1) is 19.5. The van der Waals surface area contributed by atoms with Crippen molar-refractivity contribution in [1.82, 2.24) is 25.1 Å². The minimum Gasteiger partial charge on any atom is -0.438 e. The molecule has 0 saturated heterocycles. The van der Waals surface area contributed by atoms with Crippen molar-refractivity contribution in [1.29, 1.82) is 0 Å². The van der Waals surface area contributed by atoms with Gasteiger partial charge in [-0.25, -0.2) is 15.0 Å². The van der Waals surface area contributed by atoms with Gasteiger partial charge in [0.2, 0.25) is 11.8 Å². The van der Waals surface area contributed by atoms with Crippen LogP contribution in [0, 0.1) is 0 Å². The van der Waals surface area contributed by atoms with E-state index in [1.54, 1.807) is 25.4 Å². The third-order valence-electron chi connectivity index (χ3n) is 6.38. The van der Waals surface area contributed by atoms with Crippen LogP contribution in [0.4, 0.5) is 17.5 Å². The zero-order chi connectivity index (χ0) is 27.5. The van der Waals surface area contributed by atoms with Crippen LogP contribution in [-0.2, 0) is 0 Å². The second kappa shape index (κ2) is 10.8. The Hall–Kier alpha value is -5.41. The lowest BCUT2D eigenvalue weighted by Crippen LogP contribution is -2.00. The molecule has 0 bridgehead atoms. The van der Waals surface area contributed by atoms with Gasteiger partial charge in [-0.05, 0) is 61.0 Å². The number of hydrogen-bond acceptors (Lipinski definition) is 9. The fourth-order valence-corrected chi connectivity index (χ4v) is 4.40. The first kappa shape index (κ1) is 24.9. The van der Waals surface area contributed by atoms with Gasteiger partial charge in [0.25, 0.3) is 0 Å². The molecule has 40 heavy (non-hydrogen) atoms. The predicted octanol–water partition coefficient (Wildman–Crippen LogP) is 6.32. The summed E-state index contributed by atoms with van der Waals surface area (Å²) in [5.41, 5.74) is 10.4. The standard InChI is InChI=1S/C31H25N7O2/c1-19(39)20-6-4-7-21(18-20)28-24-8-2-3-9-25(24)29(38-37-28)35-22-11-13-23(14-12-22)40-30-26(10-5-16-33-30)27-15-17-34-31(32)36-27/h2-19,39H,1H3,(H,35,38)(H2,32,34,36)/t19-/m1/s1. The third-order valence-corrected chi connectivity index (χ3v) is 6.38. The number of aliphatic hydroxyl groups excluding tert-OH is 1. The molecule has 196 valence electrons. The number of nitrogens with zero attached hydrogens (tertiary/aromatic N) is 5. The van der Waals surface area contributed by atoms with Gasteiger partial charge >= 0.3 is 0 Å². The van der Waals surface area contributed by atoms with Gasteiger partial charge < -0.3 is 20.9 Å². The van der Waals surface area contributed by atoms with E-state index in [1.165, 1.54) is 0 Å². The Balaban J connectivity index is 1.26. The van der Waals surface area contributed by atoms with Gasteiger partial charge in [-0.3, -0.25) is 0 Å². The molecule has 9 nitrogen and oxygen atoms in total. The number of ether oxygens (including phenoxy) is 1. The highest BCUT2D eigenvalue weighted by Gasteiger charge is 2.14. The highest BCUT2D eigenvalue weighted by molar-refractivity contribution is 6.00. The SMILES string of the molecule is C[C@@H](O)c1cccc(-c2nnc(Nc3ccc(Oc4ncccc4-c4ccnc(N)n4)cc3)c3ccccc23)c1. The van der Waals surface area contributed by atoms with Gasteiger partial charge in [0.05, 0.1) is 17.4 Å². The van der Waals surface area contributed by atoms with Gasteiger partial charge in [-0.1, -0.05) is 42.5 Å². The fraction of sp³-hybridized carbons (Fsp3) is 0.0645. The normalized spacial score (nSPS) is 11.8. The maximum atomic E-state index is 10.0. The average molecular weight is 528 g/mol. The van der Waals surface area contributed by atoms with Crippen molar-refractivity contribution in [2.45, 2.75) is 13.0 Å². The Labute approximate surface area is 230 Å². The second-order valence-electron chi connectivity index (χ2n) is 9.15. The Bertz CT molecular complexity index is 1810. The first-order valence-corrected chi connectivity index (χ1v) is 12.7. The zero-order valence-electron chi connectivity index (χ0n) is 21.6. The molecular formula is C31H25N7O2. The van der Waals surface area contributed by atoms with E-state index in [4.69, 9.17) is 10.5 Å². The molecule has 0 aliphatic heterocycles. The molecule has 3 aromatic heterocycles. The summed E-state index contributed by atoms with van der Waals surface area (Å²) >= 11 is 0. The highest BCUT2D eigenvalue weighted by Crippen LogP contribution is 2.34. The summed E-state index contributed by atoms with van der Waals surface area (Å²) < 4.78 is 6.08. The molecule has 0 fully saturated rings. The van der Waals surface area contributed by atoms with Crippen molar-refractivity contribution >= 4 is 28.2 Å². The van der Waals surface area contributed by atoms with Gasteiger partial charge in [0.15, 0.2) is 5.82 Å². The number of pyridine rings is 1. The van der Waals surface area contributed by atoms with Crippen LogP contribution in [0.3, 0.4) is 0 Å². The van der Waals surface area contributed by atoms with Crippen molar-refractivity contribution in [2.75, 3.05) is 11.1 Å². The molecule has 3 aromatic carbocycles. The molecule has 1 atom stereocenters. The average Bonchev–Trinajstić information content (AvgIpc) is 2.99. The predicted molar refractivity (Wildman–Crippen MR) is 155 cm³/mol. The Morgan fingerprint density at radius 1 is 0.825 bits per heavy atom. The summed E-state index contributed by atoms with van der Waals surface area (Å²) in [7, 11) is 0. The van der Waals surface area contributed by atoms with E-state index >= 15 is 0 Å². The van der Waals surface area contributed by atoms with E-state index in [-0.39, 0.29) is 5.95 Å². The number of nitrogen functional groups attached to an aromatic ring is 1. The van der Waals surface area contributed by atoms with E-state index in [0.29, 0.717) is 28.7 Å². The van der Waals surface area contributed by atoms with Gasteiger partial charge in [-0.2, -0.15) is 0 Å². The maximum Gasteiger partial charge on any atom is 0.228 e. The molecule has 6 aromatic rings. The fourth-order valence-electron chi connectivity index (χ4n) is 4.40. The lowest BCUT2D eigenvalue weighted by atomic mass is 10.0. The summed E-state index contributed by atoms with van der Waals surface area (Å²) in [5.74, 6) is 1.83. The number of nitrogens with two attached hydrogens (primary N) is 1. The summed E-state index contributed by atoms with van der Waals surface area (Å²) in [6.45, 7) is 1.75. The minimum absolute atomic E-state index is 0.180. The molecule has 0 saturated carbocycles. The number of benzene rings is 3. The van der Waals surface area contributed by atoms with Crippen molar-refractivity contribution in [3.8, 4) is 34.1 Å². The largest absolute Gasteiger partial charge is 0.438 e. The number of fused-ring (bicyclic) bond motifs is 1. The lowest BCUT2D eigenvalue weighted by molar-refractivity contribution is 0.199. The van der Waals surface area contributed by atoms with Crippen molar-refractivity contribution < 1.29 is 9.84 Å². The molecule has 0 spiro atoms. The Kier molecular flexibility index (Phi) is 6.70. The monoisotopic (exact) mass is 527 g/mol. The Morgan fingerprint density at radius 3 is 2.45 bits per heavy atom. The lowest BCUT2D eigenvalue weighted by Gasteiger charge is -2.13. The summed E-state index contributed by atoms with van der Waals surface area (Å²) in [5, 5.41) is 24.3. The molecule has 0 unspecified atom stereocenters. The van der Waals surface area contributed by atoms with Gasteiger partial charge in [-0.15, -0.1) is 10.2 Å². The summed E-state index contributed by atoms with van der Waals surface area (Å²) in [4.78, 5) is 12.6. The van der Waals surface area contributed by atoms with Crippen LogP contribution < -0.4 is 15.8 Å². The van der Waals surface area contributed by atoms with Gasteiger partial charge in [0.1, 0.15) is 11.4 Å². The van der Waals surface area contributed by atoms with Crippen LogP contribution in [0.25, 0.3) is 33.3 Å². The molecule has 0 amide bonds. The number of aliphatic hydroxyl groups is 1. The smallest absolute Gasteiger partial charge is 0.228 e. The molecule has 0 aliphatic carbocycles. The van der Waals surface area contributed by atoms with E-state index < -0.39 is 6.10 Å². The highest BCUT2D eigenvalue weighted by atomic mass is 16.5. The second-order valence-corrected chi connectivity index (χ2v) is 9.15. The number of hydrogen-bond donors (Lipinski definition) is 3. The minimum atomic E-state index is -0.567. The summed E-state index contributed by atoms with van der Waals surface area (Å²) in [6.07, 6.45) is 2.69. The third kappa shape index (κ3) is 5.13. The molecule has 6 rings (SSSR count). The zero-order valence-corrected chi connectivity index (χ0v) is 21.6. The van der Waals surface area contributed by atoms with Crippen LogP contribution in [0.1, 0.15) is 18.6 Å². The van der Waals surface area contributed by atoms with Crippen molar-refractivity contribution in [3.63, 3.8) is 0 Å². The number of anilines is 3. The number of nitrogens with one attached hydrogen (secondary N) is 1. The summed E-state index contributed by atoms with van der Waals surface area (Å²) in [6, 6.07) is 28.6. The van der Waals surface area contributed by atoms with Crippen molar-refractivity contribution in [3.05, 3.63) is 109 Å². The van der Waals surface area contributed by atoms with Crippen LogP contribution in [0.2, 0.25) is 0 Å². The first-order valence-electron chi connectivity index (χ1n) is 12.7. The van der Waals surface area contributed by atoms with E-state index in [1.807, 2.05) is 84.9 Å². The topological polar surface area (TPSA) is 132 Å². The van der Waals surface area contributed by atoms with Crippen LogP contribution >= 0.6 is 0 Å². The quantitative estimate of drug-likeness (QED) is 0.218. The van der Waals surface area contributed by atoms with Crippen LogP contribution in [-0.4, -0.2) is 30.3 Å². The maximum absolute atomic E-state index is 10.0. The molecule has 9 heteroatoms. The number of aromatic nitrogens is 5. The van der Waals surface area contributed by atoms with E-state index in [0.717, 1.165) is 33.3 Å². The molecule has 4 N–H and O–H groups in total. The van der Waals surface area contributed by atoms with Crippen LogP contribution in [0.5, 0.6) is 11.6 Å². The van der Waals surface area contributed by atoms with E-state index in [2.05, 4.69) is 30.5 Å². The molecule has 0 radical (unpaired) electrons. The molecular weight excluding hydrogens is 502 g/mol. The van der Waals surface area contributed by atoms with Gasteiger partial charge in [0, 0.05) is 34.4 Å². The molecule has 0 aliphatic rings. The van der Waals surface area contributed by atoms with E-state index in [9.17, 15) is 5.11 Å². The van der Waals surface area contributed by atoms with Crippen molar-refractivity contribution in [2.24, 2.45) is 0 Å². The van der Waals surface area contributed by atoms with Crippen LogP contribution in [0.15, 0.2) is 103 Å².